The molecule has 3 aromatic rings. The fraction of sp³-hybridized carbons (Fsp3) is 0.455. The van der Waals surface area contributed by atoms with Crippen molar-refractivity contribution >= 4 is 22.8 Å². The van der Waals surface area contributed by atoms with E-state index < -0.39 is 0 Å². The smallest absolute Gasteiger partial charge is 0.294 e. The van der Waals surface area contributed by atoms with Gasteiger partial charge in [0.2, 0.25) is 5.91 Å². The molecule has 0 bridgehead atoms. The van der Waals surface area contributed by atoms with E-state index in [9.17, 15) is 9.59 Å². The molecular weight excluding hydrogens is 380 g/mol. The molecule has 1 fully saturated rings. The number of piperidine rings is 1. The van der Waals surface area contributed by atoms with E-state index in [-0.39, 0.29) is 17.9 Å². The van der Waals surface area contributed by atoms with Crippen LogP contribution in [0.2, 0.25) is 0 Å². The van der Waals surface area contributed by atoms with E-state index in [2.05, 4.69) is 15.0 Å². The number of benzene rings is 1. The van der Waals surface area contributed by atoms with Crippen molar-refractivity contribution in [2.45, 2.75) is 38.8 Å². The second kappa shape index (κ2) is 8.69. The van der Waals surface area contributed by atoms with Crippen molar-refractivity contribution in [2.75, 3.05) is 25.0 Å². The van der Waals surface area contributed by atoms with E-state index in [0.29, 0.717) is 18.9 Å². The molecule has 0 N–H and O–H groups in total. The predicted molar refractivity (Wildman–Crippen MR) is 116 cm³/mol. The maximum atomic E-state index is 13.3. The van der Waals surface area contributed by atoms with Gasteiger partial charge in [-0.05, 0) is 37.5 Å². The average molecular weight is 409 g/mol. The number of aromatic nitrogens is 4. The summed E-state index contributed by atoms with van der Waals surface area (Å²) in [5.74, 6) is 0.493. The molecule has 0 atom stereocenters. The molecular formula is C22H28N6O2. The van der Waals surface area contributed by atoms with Gasteiger partial charge in [-0.15, -0.1) is 0 Å². The Hall–Kier alpha value is -3.16. The highest BCUT2D eigenvalue weighted by molar-refractivity contribution is 5.78. The highest BCUT2D eigenvalue weighted by Crippen LogP contribution is 2.18. The van der Waals surface area contributed by atoms with Gasteiger partial charge in [0.1, 0.15) is 0 Å². The van der Waals surface area contributed by atoms with Gasteiger partial charge in [-0.3, -0.25) is 14.3 Å². The van der Waals surface area contributed by atoms with E-state index in [1.54, 1.807) is 27.4 Å². The quantitative estimate of drug-likeness (QED) is 0.625. The summed E-state index contributed by atoms with van der Waals surface area (Å²) < 4.78 is 3.47. The summed E-state index contributed by atoms with van der Waals surface area (Å²) in [6.07, 6.45) is 5.31. The number of para-hydroxylation sites is 2. The minimum Gasteiger partial charge on any atom is -0.352 e. The Balaban J connectivity index is 1.57. The monoisotopic (exact) mass is 408 g/mol. The molecule has 1 saturated heterocycles. The summed E-state index contributed by atoms with van der Waals surface area (Å²) in [5, 5.41) is 4.14. The minimum atomic E-state index is -0.113. The summed E-state index contributed by atoms with van der Waals surface area (Å²) in [7, 11) is 3.64. The van der Waals surface area contributed by atoms with Gasteiger partial charge in [-0.2, -0.15) is 5.10 Å². The number of carbonyl (C=O) groups is 1. The zero-order valence-corrected chi connectivity index (χ0v) is 17.6. The number of aryl methyl sites for hydroxylation is 2. The average Bonchev–Trinajstić information content (AvgIpc) is 3.17. The third kappa shape index (κ3) is 4.08. The maximum absolute atomic E-state index is 13.3. The molecule has 158 valence electrons. The largest absolute Gasteiger partial charge is 0.352 e. The van der Waals surface area contributed by atoms with Crippen LogP contribution in [0.5, 0.6) is 0 Å². The van der Waals surface area contributed by atoms with Crippen LogP contribution in [0.4, 0.5) is 5.82 Å². The van der Waals surface area contributed by atoms with Crippen LogP contribution in [-0.2, 0) is 24.9 Å². The van der Waals surface area contributed by atoms with Gasteiger partial charge in [0.05, 0.1) is 23.3 Å². The first-order valence-electron chi connectivity index (χ1n) is 10.5. The van der Waals surface area contributed by atoms with Gasteiger partial charge in [0.25, 0.3) is 5.56 Å². The van der Waals surface area contributed by atoms with Crippen LogP contribution < -0.4 is 10.5 Å². The molecule has 0 aliphatic carbocycles. The Morgan fingerprint density at radius 1 is 1.13 bits per heavy atom. The van der Waals surface area contributed by atoms with E-state index in [1.165, 1.54) is 6.42 Å². The van der Waals surface area contributed by atoms with Crippen LogP contribution in [0.25, 0.3) is 11.0 Å². The number of fused-ring (bicyclic) bond motifs is 1. The number of hydrogen-bond donors (Lipinski definition) is 0. The van der Waals surface area contributed by atoms with E-state index in [1.807, 2.05) is 37.4 Å². The molecule has 1 aliphatic heterocycles. The lowest BCUT2D eigenvalue weighted by atomic mass is 10.1. The number of hydrogen-bond acceptors (Lipinski definition) is 5. The number of anilines is 1. The van der Waals surface area contributed by atoms with Gasteiger partial charge >= 0.3 is 0 Å². The van der Waals surface area contributed by atoms with Crippen LogP contribution >= 0.6 is 0 Å². The first-order chi connectivity index (χ1) is 14.5. The zero-order valence-electron chi connectivity index (χ0n) is 17.6. The lowest BCUT2D eigenvalue weighted by Crippen LogP contribution is -2.37. The zero-order chi connectivity index (χ0) is 21.1. The molecule has 0 unspecified atom stereocenters. The van der Waals surface area contributed by atoms with Crippen molar-refractivity contribution in [1.29, 1.82) is 0 Å². The number of carbonyl (C=O) groups excluding carboxylic acids is 1. The fourth-order valence-electron chi connectivity index (χ4n) is 4.00. The second-order valence-electron chi connectivity index (χ2n) is 7.87. The molecule has 4 rings (SSSR count). The van der Waals surface area contributed by atoms with Gasteiger partial charge in [0, 0.05) is 46.3 Å². The van der Waals surface area contributed by atoms with Crippen LogP contribution in [0, 0.1) is 0 Å². The molecule has 8 heteroatoms. The summed E-state index contributed by atoms with van der Waals surface area (Å²) in [4.78, 5) is 34.5. The van der Waals surface area contributed by atoms with E-state index >= 15 is 0 Å². The third-order valence-corrected chi connectivity index (χ3v) is 5.79. The van der Waals surface area contributed by atoms with E-state index in [4.69, 9.17) is 0 Å². The lowest BCUT2D eigenvalue weighted by molar-refractivity contribution is -0.130. The van der Waals surface area contributed by atoms with Gasteiger partial charge in [-0.25, -0.2) is 4.98 Å². The molecule has 1 aromatic carbocycles. The number of amides is 1. The Labute approximate surface area is 175 Å². The molecule has 8 nitrogen and oxygen atoms in total. The molecule has 0 radical (unpaired) electrons. The standard InChI is InChI=1S/C22H28N6O2/c1-25(16-17-10-12-23-26(17)2)20(29)11-15-28-19-9-5-4-8-18(19)24-21(22(28)30)27-13-6-3-7-14-27/h4-5,8-10,12H,3,6-7,11,13-16H2,1-2H3. The predicted octanol–water partition coefficient (Wildman–Crippen LogP) is 2.17. The molecule has 1 aliphatic rings. The third-order valence-electron chi connectivity index (χ3n) is 5.79. The van der Waals surface area contributed by atoms with Gasteiger partial charge in [-0.1, -0.05) is 12.1 Å². The van der Waals surface area contributed by atoms with Gasteiger partial charge < -0.3 is 14.4 Å². The van der Waals surface area contributed by atoms with Crippen molar-refractivity contribution in [2.24, 2.45) is 7.05 Å². The van der Waals surface area contributed by atoms with Crippen molar-refractivity contribution < 1.29 is 4.79 Å². The summed E-state index contributed by atoms with van der Waals surface area (Å²) in [5.41, 5.74) is 2.40. The highest BCUT2D eigenvalue weighted by Gasteiger charge is 2.20. The van der Waals surface area contributed by atoms with Crippen molar-refractivity contribution in [3.05, 3.63) is 52.6 Å². The fourth-order valence-corrected chi connectivity index (χ4v) is 4.00. The maximum Gasteiger partial charge on any atom is 0.294 e. The van der Waals surface area contributed by atoms with Crippen molar-refractivity contribution in [3.63, 3.8) is 0 Å². The Morgan fingerprint density at radius 3 is 2.63 bits per heavy atom. The summed E-state index contributed by atoms with van der Waals surface area (Å²) in [6.45, 7) is 2.53. The normalized spacial score (nSPS) is 14.3. The highest BCUT2D eigenvalue weighted by atomic mass is 16.2. The summed E-state index contributed by atoms with van der Waals surface area (Å²) >= 11 is 0. The van der Waals surface area contributed by atoms with Crippen LogP contribution in [0.1, 0.15) is 31.4 Å². The second-order valence-corrected chi connectivity index (χ2v) is 7.87. The van der Waals surface area contributed by atoms with Crippen LogP contribution in [-0.4, -0.2) is 50.3 Å². The SMILES string of the molecule is CN(Cc1ccnn1C)C(=O)CCn1c(=O)c(N2CCCCC2)nc2ccccc21. The number of rotatable bonds is 6. The van der Waals surface area contributed by atoms with Crippen molar-refractivity contribution in [3.8, 4) is 0 Å². The van der Waals surface area contributed by atoms with Gasteiger partial charge in [0.15, 0.2) is 5.82 Å². The first-order valence-corrected chi connectivity index (χ1v) is 10.5. The topological polar surface area (TPSA) is 76.3 Å². The van der Waals surface area contributed by atoms with Crippen molar-refractivity contribution in [1.82, 2.24) is 24.2 Å². The van der Waals surface area contributed by atoms with E-state index in [0.717, 1.165) is 42.7 Å². The number of nitrogens with zero attached hydrogens (tertiary/aromatic N) is 6. The first kappa shape index (κ1) is 20.1. The Morgan fingerprint density at radius 2 is 1.90 bits per heavy atom. The molecule has 0 saturated carbocycles. The molecule has 3 heterocycles. The van der Waals surface area contributed by atoms with Crippen LogP contribution in [0.15, 0.2) is 41.3 Å². The minimum absolute atomic E-state index is 0.0106. The molecule has 2 aromatic heterocycles. The molecule has 1 amide bonds. The summed E-state index contributed by atoms with van der Waals surface area (Å²) in [6, 6.07) is 9.55. The Kier molecular flexibility index (Phi) is 5.83. The lowest BCUT2D eigenvalue weighted by Gasteiger charge is -2.28. The van der Waals surface area contributed by atoms with Crippen LogP contribution in [0.3, 0.4) is 0 Å². The Bertz CT molecular complexity index is 1100. The molecule has 0 spiro atoms. The molecule has 30 heavy (non-hydrogen) atoms.